The van der Waals surface area contributed by atoms with Crippen molar-refractivity contribution in [2.75, 3.05) is 26.0 Å². The van der Waals surface area contributed by atoms with Gasteiger partial charge < -0.3 is 14.6 Å². The molecule has 1 aliphatic heterocycles. The van der Waals surface area contributed by atoms with E-state index in [0.29, 0.717) is 37.4 Å². The van der Waals surface area contributed by atoms with E-state index in [1.54, 1.807) is 13.3 Å². The number of aromatic nitrogens is 2. The normalized spacial score (nSPS) is 18.7. The maximum absolute atomic E-state index is 13.2. The van der Waals surface area contributed by atoms with Crippen LogP contribution in [0.1, 0.15) is 43.6 Å². The summed E-state index contributed by atoms with van der Waals surface area (Å²) in [5.41, 5.74) is 0.850. The van der Waals surface area contributed by atoms with Crippen LogP contribution in [-0.2, 0) is 21.9 Å². The lowest BCUT2D eigenvalue weighted by atomic mass is 9.97. The molecule has 0 bridgehead atoms. The molecule has 164 valence electrons. The van der Waals surface area contributed by atoms with Crippen LogP contribution in [0.2, 0.25) is 0 Å². The van der Waals surface area contributed by atoms with Gasteiger partial charge in [-0.3, -0.25) is 4.79 Å². The lowest BCUT2D eigenvalue weighted by Gasteiger charge is -2.32. The predicted octanol–water partition coefficient (Wildman–Crippen LogP) is 2.09. The minimum atomic E-state index is -3.32. The van der Waals surface area contributed by atoms with Gasteiger partial charge in [0, 0.05) is 32.5 Å². The van der Waals surface area contributed by atoms with Crippen LogP contribution in [0, 0.1) is 5.92 Å². The average molecular weight is 435 g/mol. The number of rotatable bonds is 8. The number of amides is 1. The van der Waals surface area contributed by atoms with Crippen LogP contribution in [0.5, 0.6) is 5.75 Å². The van der Waals surface area contributed by atoms with E-state index < -0.39 is 22.0 Å². The zero-order chi connectivity index (χ0) is 21.7. The van der Waals surface area contributed by atoms with E-state index in [-0.39, 0.29) is 18.2 Å². The van der Waals surface area contributed by atoms with E-state index in [4.69, 9.17) is 4.74 Å². The van der Waals surface area contributed by atoms with Gasteiger partial charge in [0.1, 0.15) is 17.6 Å². The van der Waals surface area contributed by atoms with Gasteiger partial charge in [-0.25, -0.2) is 17.7 Å². The van der Waals surface area contributed by atoms with Crippen molar-refractivity contribution < 1.29 is 17.9 Å². The van der Waals surface area contributed by atoms with Crippen LogP contribution in [0.15, 0.2) is 36.7 Å². The topological polar surface area (TPSA) is 93.5 Å². The molecule has 1 amide bonds. The van der Waals surface area contributed by atoms with Gasteiger partial charge >= 0.3 is 0 Å². The molecule has 1 saturated heterocycles. The molecule has 2 unspecified atom stereocenters. The fourth-order valence-corrected chi connectivity index (χ4v) is 5.42. The number of nitrogens with one attached hydrogen (secondary N) is 1. The van der Waals surface area contributed by atoms with Crippen LogP contribution in [-0.4, -0.2) is 54.1 Å². The second-order valence-corrected chi connectivity index (χ2v) is 9.72. The number of aryl methyl sites for hydroxylation is 1. The molecule has 1 aromatic heterocycles. The number of hydrogen-bond donors (Lipinski definition) is 1. The molecule has 1 aliphatic rings. The summed E-state index contributed by atoms with van der Waals surface area (Å²) in [5, 5.41) is 3.10. The quantitative estimate of drug-likeness (QED) is 0.687. The highest BCUT2D eigenvalue weighted by atomic mass is 32.2. The van der Waals surface area contributed by atoms with Crippen molar-refractivity contribution in [3.63, 3.8) is 0 Å². The molecule has 3 rings (SSSR count). The Morgan fingerprint density at radius 3 is 2.87 bits per heavy atom. The zero-order valence-electron chi connectivity index (χ0n) is 17.7. The second kappa shape index (κ2) is 9.61. The zero-order valence-corrected chi connectivity index (χ0v) is 18.6. The van der Waals surface area contributed by atoms with Gasteiger partial charge in [0.2, 0.25) is 15.9 Å². The van der Waals surface area contributed by atoms with Crippen LogP contribution in [0.4, 0.5) is 0 Å². The second-order valence-electron chi connectivity index (χ2n) is 7.63. The number of hydrogen-bond acceptors (Lipinski definition) is 5. The summed E-state index contributed by atoms with van der Waals surface area (Å²) in [6, 6.07) is 7.05. The third-order valence-corrected chi connectivity index (χ3v) is 7.48. The smallest absolute Gasteiger partial charge is 0.225 e. The summed E-state index contributed by atoms with van der Waals surface area (Å²) in [6.07, 6.45) is 5.41. The number of nitrogens with zero attached hydrogens (tertiary/aromatic N) is 3. The molecule has 9 heteroatoms. The number of carbonyl (C=O) groups is 1. The Kier molecular flexibility index (Phi) is 7.14. The Labute approximate surface area is 178 Å². The highest BCUT2D eigenvalue weighted by Gasteiger charge is 2.33. The molecule has 1 aromatic carbocycles. The molecule has 0 spiro atoms. The lowest BCUT2D eigenvalue weighted by Crippen LogP contribution is -2.46. The van der Waals surface area contributed by atoms with Gasteiger partial charge in [0.05, 0.1) is 18.8 Å². The van der Waals surface area contributed by atoms with Crippen LogP contribution < -0.4 is 10.1 Å². The van der Waals surface area contributed by atoms with Gasteiger partial charge in [-0.15, -0.1) is 0 Å². The number of methoxy groups -OCH3 is 1. The molecule has 2 heterocycles. The summed E-state index contributed by atoms with van der Waals surface area (Å²) in [5.74, 6) is 0.945. The number of sulfonamides is 1. The number of ether oxygens (including phenoxy) is 1. The van der Waals surface area contributed by atoms with Gasteiger partial charge in [-0.1, -0.05) is 19.1 Å². The Balaban J connectivity index is 1.82. The van der Waals surface area contributed by atoms with E-state index in [1.165, 1.54) is 4.31 Å². The number of piperidine rings is 1. The van der Waals surface area contributed by atoms with Crippen molar-refractivity contribution in [2.45, 2.75) is 32.2 Å². The summed E-state index contributed by atoms with van der Waals surface area (Å²) in [7, 11) is 0.155. The lowest BCUT2D eigenvalue weighted by molar-refractivity contribution is -0.126. The summed E-state index contributed by atoms with van der Waals surface area (Å²) in [6.45, 7) is 2.54. The van der Waals surface area contributed by atoms with Crippen LogP contribution in [0.3, 0.4) is 0 Å². The van der Waals surface area contributed by atoms with Crippen molar-refractivity contribution in [1.82, 2.24) is 19.2 Å². The number of benzene rings is 1. The maximum Gasteiger partial charge on any atom is 0.225 e. The van der Waals surface area contributed by atoms with Crippen molar-refractivity contribution >= 4 is 15.9 Å². The Bertz CT molecular complexity index is 973. The first-order chi connectivity index (χ1) is 14.4. The number of carbonyl (C=O) groups excluding carboxylic acids is 1. The first kappa shape index (κ1) is 22.3. The molecule has 8 nitrogen and oxygen atoms in total. The van der Waals surface area contributed by atoms with E-state index in [9.17, 15) is 13.2 Å². The molecule has 0 saturated carbocycles. The fourth-order valence-electron chi connectivity index (χ4n) is 3.83. The first-order valence-electron chi connectivity index (χ1n) is 10.2. The predicted molar refractivity (Wildman–Crippen MR) is 115 cm³/mol. The Morgan fingerprint density at radius 1 is 1.40 bits per heavy atom. The minimum Gasteiger partial charge on any atom is -0.497 e. The monoisotopic (exact) mass is 434 g/mol. The highest BCUT2D eigenvalue weighted by Crippen LogP contribution is 2.26. The van der Waals surface area contributed by atoms with Gasteiger partial charge in [-0.2, -0.15) is 0 Å². The van der Waals surface area contributed by atoms with Crippen molar-refractivity contribution in [2.24, 2.45) is 13.0 Å². The molecule has 0 aliphatic carbocycles. The number of imidazole rings is 1. The van der Waals surface area contributed by atoms with E-state index in [1.807, 2.05) is 49.0 Å². The average Bonchev–Trinajstić information content (AvgIpc) is 3.17. The molecule has 2 aromatic rings. The van der Waals surface area contributed by atoms with Crippen LogP contribution >= 0.6 is 0 Å². The summed E-state index contributed by atoms with van der Waals surface area (Å²) in [4.78, 5) is 17.6. The Morgan fingerprint density at radius 2 is 2.20 bits per heavy atom. The molecule has 30 heavy (non-hydrogen) atoms. The van der Waals surface area contributed by atoms with Gasteiger partial charge in [0.25, 0.3) is 0 Å². The minimum absolute atomic E-state index is 0.112. The third-order valence-electron chi connectivity index (χ3n) is 5.44. The maximum atomic E-state index is 13.2. The van der Waals surface area contributed by atoms with Crippen molar-refractivity contribution in [3.8, 4) is 5.75 Å². The molecule has 0 radical (unpaired) electrons. The van der Waals surface area contributed by atoms with E-state index in [0.717, 1.165) is 5.56 Å². The van der Waals surface area contributed by atoms with Gasteiger partial charge in [-0.05, 0) is 37.0 Å². The molecule has 1 fully saturated rings. The summed E-state index contributed by atoms with van der Waals surface area (Å²) < 4.78 is 33.6. The molecule has 1 N–H and O–H groups in total. The molecular formula is C21H30N4O4S. The molecule has 2 atom stereocenters. The van der Waals surface area contributed by atoms with Gasteiger partial charge in [0.15, 0.2) is 0 Å². The Hall–Kier alpha value is -2.39. The van der Waals surface area contributed by atoms with Crippen molar-refractivity contribution in [1.29, 1.82) is 0 Å². The SMILES string of the molecule is CCCS(=O)(=O)N1CCCC(C(=O)NC(c2cccc(OC)c2)c2nccn2C)C1. The highest BCUT2D eigenvalue weighted by molar-refractivity contribution is 7.89. The first-order valence-corrected chi connectivity index (χ1v) is 11.9. The largest absolute Gasteiger partial charge is 0.497 e. The van der Waals surface area contributed by atoms with E-state index >= 15 is 0 Å². The summed E-state index contributed by atoms with van der Waals surface area (Å²) >= 11 is 0. The third kappa shape index (κ3) is 5.02. The molecular weight excluding hydrogens is 404 g/mol. The van der Waals surface area contributed by atoms with Crippen LogP contribution in [0.25, 0.3) is 0 Å². The van der Waals surface area contributed by atoms with Crippen molar-refractivity contribution in [3.05, 3.63) is 48.0 Å². The standard InChI is InChI=1S/C21H30N4O4S/c1-4-13-30(27,28)25-11-6-8-17(15-25)21(26)23-19(20-22-10-12-24(20)2)16-7-5-9-18(14-16)29-3/h5,7,9-10,12,14,17,19H,4,6,8,11,13,15H2,1-3H3,(H,23,26). The van der Waals surface area contributed by atoms with E-state index in [2.05, 4.69) is 10.3 Å². The fraction of sp³-hybridized carbons (Fsp3) is 0.524.